The zero-order chi connectivity index (χ0) is 17.2. The largest absolute Gasteiger partial charge is 0.465 e. The first-order chi connectivity index (χ1) is 11.0. The molecule has 122 valence electrons. The number of rotatable bonds is 3. The quantitative estimate of drug-likeness (QED) is 0.805. The Bertz CT molecular complexity index is 662. The van der Waals surface area contributed by atoms with Gasteiger partial charge in [0, 0.05) is 0 Å². The van der Waals surface area contributed by atoms with E-state index >= 15 is 0 Å². The Labute approximate surface area is 137 Å². The summed E-state index contributed by atoms with van der Waals surface area (Å²) in [4.78, 5) is 22.1. The van der Waals surface area contributed by atoms with Crippen molar-refractivity contribution in [3.05, 3.63) is 70.8 Å². The van der Waals surface area contributed by atoms with E-state index in [1.165, 1.54) is 7.11 Å². The van der Waals surface area contributed by atoms with Gasteiger partial charge in [-0.1, -0.05) is 35.4 Å². The normalized spacial score (nSPS) is 9.39. The molecule has 0 atom stereocenters. The second kappa shape index (κ2) is 9.41. The van der Waals surface area contributed by atoms with Crippen LogP contribution in [0.2, 0.25) is 0 Å². The van der Waals surface area contributed by atoms with Crippen molar-refractivity contribution in [2.24, 2.45) is 0 Å². The first-order valence-corrected chi connectivity index (χ1v) is 7.36. The minimum Gasteiger partial charge on any atom is -0.465 e. The maximum atomic E-state index is 11.2. The van der Waals surface area contributed by atoms with Crippen LogP contribution in [0.25, 0.3) is 0 Å². The molecule has 2 aromatic carbocycles. The Balaban J connectivity index is 0.000000231. The Morgan fingerprint density at radius 3 is 1.74 bits per heavy atom. The highest BCUT2D eigenvalue weighted by molar-refractivity contribution is 5.89. The lowest BCUT2D eigenvalue weighted by atomic mass is 10.1. The van der Waals surface area contributed by atoms with E-state index in [9.17, 15) is 9.59 Å². The van der Waals surface area contributed by atoms with Gasteiger partial charge in [-0.3, -0.25) is 0 Å². The molecule has 2 aromatic rings. The van der Waals surface area contributed by atoms with E-state index in [0.717, 1.165) is 11.1 Å². The van der Waals surface area contributed by atoms with Crippen LogP contribution in [0.3, 0.4) is 0 Å². The van der Waals surface area contributed by atoms with E-state index in [2.05, 4.69) is 4.74 Å². The predicted octanol–water partition coefficient (Wildman–Crippen LogP) is 3.95. The van der Waals surface area contributed by atoms with Crippen molar-refractivity contribution >= 4 is 11.9 Å². The zero-order valence-electron chi connectivity index (χ0n) is 14.0. The van der Waals surface area contributed by atoms with Crippen LogP contribution in [-0.2, 0) is 9.47 Å². The summed E-state index contributed by atoms with van der Waals surface area (Å²) in [6.45, 7) is 6.11. The minimum absolute atomic E-state index is 0.249. The Hall–Kier alpha value is -2.62. The van der Waals surface area contributed by atoms with Crippen LogP contribution in [0, 0.1) is 13.8 Å². The third-order valence-corrected chi connectivity index (χ3v) is 2.97. The number of aryl methyl sites for hydroxylation is 2. The van der Waals surface area contributed by atoms with Crippen LogP contribution < -0.4 is 0 Å². The fourth-order valence-electron chi connectivity index (χ4n) is 1.88. The van der Waals surface area contributed by atoms with Gasteiger partial charge in [-0.25, -0.2) is 9.59 Å². The van der Waals surface area contributed by atoms with Crippen LogP contribution in [0.1, 0.15) is 38.8 Å². The molecule has 0 saturated carbocycles. The van der Waals surface area contributed by atoms with Gasteiger partial charge in [0.15, 0.2) is 0 Å². The molecular weight excluding hydrogens is 292 g/mol. The van der Waals surface area contributed by atoms with Crippen molar-refractivity contribution in [2.75, 3.05) is 13.7 Å². The van der Waals surface area contributed by atoms with E-state index in [1.807, 2.05) is 44.2 Å². The highest BCUT2D eigenvalue weighted by Gasteiger charge is 2.04. The second-order valence-electron chi connectivity index (χ2n) is 4.95. The zero-order valence-corrected chi connectivity index (χ0v) is 14.0. The summed E-state index contributed by atoms with van der Waals surface area (Å²) in [7, 11) is 1.38. The molecule has 0 bridgehead atoms. The predicted molar refractivity (Wildman–Crippen MR) is 89.7 cm³/mol. The van der Waals surface area contributed by atoms with E-state index in [0.29, 0.717) is 17.7 Å². The fourth-order valence-corrected chi connectivity index (χ4v) is 1.88. The molecule has 0 unspecified atom stereocenters. The fraction of sp³-hybridized carbons (Fsp3) is 0.263. The molecule has 0 spiro atoms. The highest BCUT2D eigenvalue weighted by atomic mass is 16.5. The molecule has 0 aromatic heterocycles. The molecule has 0 fully saturated rings. The molecule has 23 heavy (non-hydrogen) atoms. The smallest absolute Gasteiger partial charge is 0.338 e. The van der Waals surface area contributed by atoms with E-state index < -0.39 is 0 Å². The molecule has 0 aliphatic rings. The number of esters is 2. The van der Waals surface area contributed by atoms with Gasteiger partial charge >= 0.3 is 11.9 Å². The van der Waals surface area contributed by atoms with Crippen molar-refractivity contribution in [3.8, 4) is 0 Å². The van der Waals surface area contributed by atoms with Gasteiger partial charge < -0.3 is 9.47 Å². The number of benzene rings is 2. The van der Waals surface area contributed by atoms with Gasteiger partial charge in [-0.2, -0.15) is 0 Å². The van der Waals surface area contributed by atoms with Crippen molar-refractivity contribution in [3.63, 3.8) is 0 Å². The highest BCUT2D eigenvalue weighted by Crippen LogP contribution is 2.05. The minimum atomic E-state index is -0.284. The lowest BCUT2D eigenvalue weighted by Gasteiger charge is -2.01. The number of ether oxygens (including phenoxy) is 2. The van der Waals surface area contributed by atoms with E-state index in [-0.39, 0.29) is 11.9 Å². The maximum absolute atomic E-state index is 11.2. The van der Waals surface area contributed by atoms with Crippen LogP contribution in [0.4, 0.5) is 0 Å². The monoisotopic (exact) mass is 314 g/mol. The molecule has 0 N–H and O–H groups in total. The molecule has 2 rings (SSSR count). The lowest BCUT2D eigenvalue weighted by molar-refractivity contribution is 0.0525. The van der Waals surface area contributed by atoms with Gasteiger partial charge in [-0.15, -0.1) is 0 Å². The Morgan fingerprint density at radius 2 is 1.35 bits per heavy atom. The Morgan fingerprint density at radius 1 is 0.870 bits per heavy atom. The van der Waals surface area contributed by atoms with Crippen molar-refractivity contribution in [1.29, 1.82) is 0 Å². The molecular formula is C19H22O4. The molecule has 4 heteroatoms. The number of methoxy groups -OCH3 is 1. The summed E-state index contributed by atoms with van der Waals surface area (Å²) in [6, 6.07) is 14.7. The van der Waals surface area contributed by atoms with Crippen molar-refractivity contribution < 1.29 is 19.1 Å². The third kappa shape index (κ3) is 6.34. The molecule has 0 radical (unpaired) electrons. The van der Waals surface area contributed by atoms with Crippen LogP contribution in [0.5, 0.6) is 0 Å². The van der Waals surface area contributed by atoms with Gasteiger partial charge in [-0.05, 0) is 45.0 Å². The van der Waals surface area contributed by atoms with Gasteiger partial charge in [0.05, 0.1) is 24.8 Å². The average molecular weight is 314 g/mol. The molecule has 4 nitrogen and oxygen atoms in total. The van der Waals surface area contributed by atoms with E-state index in [4.69, 9.17) is 4.74 Å². The first-order valence-electron chi connectivity index (χ1n) is 7.36. The topological polar surface area (TPSA) is 52.6 Å². The molecule has 0 heterocycles. The summed E-state index contributed by atoms with van der Waals surface area (Å²) in [5.41, 5.74) is 3.36. The standard InChI is InChI=1S/C10H12O2.C9H10O2/c1-3-12-10(11)9-6-4-5-8(2)7-9;1-7-4-3-5-8(6-7)9(10)11-2/h4-7H,3H2,1-2H3;3-6H,1-2H3. The van der Waals surface area contributed by atoms with Crippen molar-refractivity contribution in [2.45, 2.75) is 20.8 Å². The van der Waals surface area contributed by atoms with Crippen LogP contribution in [0.15, 0.2) is 48.5 Å². The molecule has 0 aliphatic carbocycles. The van der Waals surface area contributed by atoms with Crippen LogP contribution in [-0.4, -0.2) is 25.7 Å². The number of hydrogen-bond acceptors (Lipinski definition) is 4. The van der Waals surface area contributed by atoms with Crippen molar-refractivity contribution in [1.82, 2.24) is 0 Å². The summed E-state index contributed by atoms with van der Waals surface area (Å²) in [5.74, 6) is -0.532. The average Bonchev–Trinajstić information content (AvgIpc) is 2.55. The first kappa shape index (κ1) is 18.4. The van der Waals surface area contributed by atoms with E-state index in [1.54, 1.807) is 25.1 Å². The summed E-state index contributed by atoms with van der Waals surface area (Å²) in [6.07, 6.45) is 0. The summed E-state index contributed by atoms with van der Waals surface area (Å²) >= 11 is 0. The number of hydrogen-bond donors (Lipinski definition) is 0. The SMILES string of the molecule is CCOC(=O)c1cccc(C)c1.COC(=O)c1cccc(C)c1. The van der Waals surface area contributed by atoms with Gasteiger partial charge in [0.2, 0.25) is 0 Å². The summed E-state index contributed by atoms with van der Waals surface area (Å²) < 4.78 is 9.40. The number of carbonyl (C=O) groups is 2. The lowest BCUT2D eigenvalue weighted by Crippen LogP contribution is -2.04. The Kier molecular flexibility index (Phi) is 7.54. The third-order valence-electron chi connectivity index (χ3n) is 2.97. The van der Waals surface area contributed by atoms with Gasteiger partial charge in [0.1, 0.15) is 0 Å². The maximum Gasteiger partial charge on any atom is 0.338 e. The molecule has 0 aliphatic heterocycles. The molecule has 0 saturated heterocycles. The number of carbonyl (C=O) groups excluding carboxylic acids is 2. The second-order valence-corrected chi connectivity index (χ2v) is 4.95. The summed E-state index contributed by atoms with van der Waals surface area (Å²) in [5, 5.41) is 0. The molecule has 0 amide bonds. The van der Waals surface area contributed by atoms with Gasteiger partial charge in [0.25, 0.3) is 0 Å². The van der Waals surface area contributed by atoms with Crippen LogP contribution >= 0.6 is 0 Å².